The Labute approximate surface area is 121 Å². The summed E-state index contributed by atoms with van der Waals surface area (Å²) in [6, 6.07) is 4.62. The quantitative estimate of drug-likeness (QED) is 0.946. The largest absolute Gasteiger partial charge is 0.339 e. The van der Waals surface area contributed by atoms with Gasteiger partial charge in [-0.1, -0.05) is 22.8 Å². The van der Waals surface area contributed by atoms with E-state index in [0.29, 0.717) is 22.3 Å². The van der Waals surface area contributed by atoms with Crippen molar-refractivity contribution in [1.82, 2.24) is 15.5 Å². The highest BCUT2D eigenvalue weighted by atomic mass is 35.5. The molecule has 1 aromatic heterocycles. The normalized spacial score (nSPS) is 19.2. The standard InChI is InChI=1S/C14H15ClFN3O/c15-11-4-1-5-12(16)10(11)7-13-18-14(20-19-13)9-3-2-6-17-8-9/h1,4-5,9,17H,2-3,6-8H2. The van der Waals surface area contributed by atoms with Crippen molar-refractivity contribution in [3.8, 4) is 0 Å². The molecule has 4 nitrogen and oxygen atoms in total. The summed E-state index contributed by atoms with van der Waals surface area (Å²) in [7, 11) is 0. The van der Waals surface area contributed by atoms with Crippen LogP contribution in [0.4, 0.5) is 4.39 Å². The fourth-order valence-electron chi connectivity index (χ4n) is 2.43. The number of benzene rings is 1. The summed E-state index contributed by atoms with van der Waals surface area (Å²) in [6.45, 7) is 1.88. The summed E-state index contributed by atoms with van der Waals surface area (Å²) in [4.78, 5) is 4.37. The number of hydrogen-bond acceptors (Lipinski definition) is 4. The van der Waals surface area contributed by atoms with E-state index in [0.717, 1.165) is 25.9 Å². The van der Waals surface area contributed by atoms with Crippen LogP contribution in [0.15, 0.2) is 22.7 Å². The lowest BCUT2D eigenvalue weighted by Gasteiger charge is -2.18. The third-order valence-electron chi connectivity index (χ3n) is 3.53. The molecule has 0 bridgehead atoms. The van der Waals surface area contributed by atoms with Crippen molar-refractivity contribution in [2.45, 2.75) is 25.2 Å². The minimum absolute atomic E-state index is 0.245. The van der Waals surface area contributed by atoms with Crippen LogP contribution >= 0.6 is 11.6 Å². The lowest BCUT2D eigenvalue weighted by Crippen LogP contribution is -2.28. The van der Waals surface area contributed by atoms with Crippen LogP contribution in [0.2, 0.25) is 5.02 Å². The molecule has 1 fully saturated rings. The molecular weight excluding hydrogens is 281 g/mol. The molecule has 20 heavy (non-hydrogen) atoms. The molecule has 1 saturated heterocycles. The Balaban J connectivity index is 1.77. The second-order valence-electron chi connectivity index (χ2n) is 4.97. The van der Waals surface area contributed by atoms with Gasteiger partial charge in [-0.05, 0) is 31.5 Å². The summed E-state index contributed by atoms with van der Waals surface area (Å²) in [6.07, 6.45) is 2.38. The maximum Gasteiger partial charge on any atom is 0.231 e. The summed E-state index contributed by atoms with van der Waals surface area (Å²) < 4.78 is 19.0. The number of hydrogen-bond donors (Lipinski definition) is 1. The average Bonchev–Trinajstić information content (AvgIpc) is 2.93. The topological polar surface area (TPSA) is 51.0 Å². The van der Waals surface area contributed by atoms with Gasteiger partial charge in [-0.25, -0.2) is 4.39 Å². The Morgan fingerprint density at radius 2 is 2.35 bits per heavy atom. The molecule has 2 aromatic rings. The van der Waals surface area contributed by atoms with E-state index in [9.17, 15) is 4.39 Å². The molecule has 0 amide bonds. The van der Waals surface area contributed by atoms with Crippen molar-refractivity contribution in [1.29, 1.82) is 0 Å². The van der Waals surface area contributed by atoms with Crippen molar-refractivity contribution in [3.63, 3.8) is 0 Å². The van der Waals surface area contributed by atoms with Gasteiger partial charge in [-0.3, -0.25) is 0 Å². The molecule has 1 atom stereocenters. The zero-order valence-electron chi connectivity index (χ0n) is 10.9. The summed E-state index contributed by atoms with van der Waals surface area (Å²) in [5.74, 6) is 1.00. The number of nitrogens with zero attached hydrogens (tertiary/aromatic N) is 2. The summed E-state index contributed by atoms with van der Waals surface area (Å²) in [5.41, 5.74) is 0.406. The SMILES string of the molecule is Fc1cccc(Cl)c1Cc1noc(C2CCCNC2)n1. The first-order chi connectivity index (χ1) is 9.74. The average molecular weight is 296 g/mol. The van der Waals surface area contributed by atoms with Crippen LogP contribution in [0.3, 0.4) is 0 Å². The number of aromatic nitrogens is 2. The second-order valence-corrected chi connectivity index (χ2v) is 5.38. The monoisotopic (exact) mass is 295 g/mol. The van der Waals surface area contributed by atoms with Crippen molar-refractivity contribution in [2.24, 2.45) is 0 Å². The maximum atomic E-state index is 13.7. The number of rotatable bonds is 3. The molecule has 106 valence electrons. The Kier molecular flexibility index (Phi) is 3.98. The van der Waals surface area contributed by atoms with Crippen molar-refractivity contribution in [3.05, 3.63) is 46.3 Å². The van der Waals surface area contributed by atoms with Crippen LogP contribution in [0.1, 0.15) is 36.0 Å². The predicted octanol–water partition coefficient (Wildman–Crippen LogP) is 2.92. The molecule has 0 saturated carbocycles. The number of nitrogens with one attached hydrogen (secondary N) is 1. The van der Waals surface area contributed by atoms with Crippen molar-refractivity contribution >= 4 is 11.6 Å². The van der Waals surface area contributed by atoms with E-state index in [2.05, 4.69) is 15.5 Å². The smallest absolute Gasteiger partial charge is 0.231 e. The van der Waals surface area contributed by atoms with Crippen LogP contribution in [-0.2, 0) is 6.42 Å². The summed E-state index contributed by atoms with van der Waals surface area (Å²) >= 11 is 6.00. The molecule has 3 rings (SSSR count). The van der Waals surface area contributed by atoms with Gasteiger partial charge in [0, 0.05) is 23.6 Å². The lowest BCUT2D eigenvalue weighted by atomic mass is 10.00. The Morgan fingerprint density at radius 3 is 3.10 bits per heavy atom. The summed E-state index contributed by atoms with van der Waals surface area (Å²) in [5, 5.41) is 7.62. The van der Waals surface area contributed by atoms with Gasteiger partial charge in [0.1, 0.15) is 5.82 Å². The zero-order chi connectivity index (χ0) is 13.9. The Hall–Kier alpha value is -1.46. The molecular formula is C14H15ClFN3O. The number of halogens is 2. The molecule has 1 aliphatic rings. The van der Waals surface area contributed by atoms with E-state index in [-0.39, 0.29) is 18.2 Å². The molecule has 2 heterocycles. The van der Waals surface area contributed by atoms with Crippen molar-refractivity contribution in [2.75, 3.05) is 13.1 Å². The van der Waals surface area contributed by atoms with Gasteiger partial charge < -0.3 is 9.84 Å². The second kappa shape index (κ2) is 5.89. The minimum atomic E-state index is -0.344. The van der Waals surface area contributed by atoms with Gasteiger partial charge in [0.25, 0.3) is 0 Å². The molecule has 1 N–H and O–H groups in total. The minimum Gasteiger partial charge on any atom is -0.339 e. The molecule has 1 unspecified atom stereocenters. The van der Waals surface area contributed by atoms with Gasteiger partial charge in [0.15, 0.2) is 5.82 Å². The fraction of sp³-hybridized carbons (Fsp3) is 0.429. The molecule has 1 aliphatic heterocycles. The highest BCUT2D eigenvalue weighted by Crippen LogP contribution is 2.24. The highest BCUT2D eigenvalue weighted by molar-refractivity contribution is 6.31. The van der Waals surface area contributed by atoms with E-state index in [1.165, 1.54) is 6.07 Å². The predicted molar refractivity (Wildman–Crippen MR) is 73.4 cm³/mol. The Bertz CT molecular complexity index is 576. The van der Waals surface area contributed by atoms with Gasteiger partial charge in [-0.2, -0.15) is 4.98 Å². The van der Waals surface area contributed by atoms with E-state index < -0.39 is 0 Å². The molecule has 0 spiro atoms. The lowest BCUT2D eigenvalue weighted by molar-refractivity contribution is 0.320. The number of piperidine rings is 1. The first-order valence-electron chi connectivity index (χ1n) is 6.70. The fourth-order valence-corrected chi connectivity index (χ4v) is 2.66. The van der Waals surface area contributed by atoms with E-state index in [1.54, 1.807) is 12.1 Å². The van der Waals surface area contributed by atoms with Crippen LogP contribution in [-0.4, -0.2) is 23.2 Å². The van der Waals surface area contributed by atoms with E-state index in [1.807, 2.05) is 0 Å². The highest BCUT2D eigenvalue weighted by Gasteiger charge is 2.22. The van der Waals surface area contributed by atoms with Gasteiger partial charge in [0.2, 0.25) is 5.89 Å². The van der Waals surface area contributed by atoms with Crippen molar-refractivity contribution < 1.29 is 8.91 Å². The third-order valence-corrected chi connectivity index (χ3v) is 3.88. The van der Waals surface area contributed by atoms with Crippen LogP contribution in [0.5, 0.6) is 0 Å². The first kappa shape index (κ1) is 13.5. The van der Waals surface area contributed by atoms with Crippen LogP contribution in [0.25, 0.3) is 0 Å². The molecule has 0 aliphatic carbocycles. The van der Waals surface area contributed by atoms with Crippen LogP contribution < -0.4 is 5.32 Å². The maximum absolute atomic E-state index is 13.7. The Morgan fingerprint density at radius 1 is 1.45 bits per heavy atom. The third kappa shape index (κ3) is 2.83. The zero-order valence-corrected chi connectivity index (χ0v) is 11.7. The van der Waals surface area contributed by atoms with Gasteiger partial charge in [0.05, 0.1) is 5.92 Å². The van der Waals surface area contributed by atoms with Crippen LogP contribution in [0, 0.1) is 5.82 Å². The van der Waals surface area contributed by atoms with Gasteiger partial charge in [-0.15, -0.1) is 0 Å². The first-order valence-corrected chi connectivity index (χ1v) is 7.08. The van der Waals surface area contributed by atoms with Gasteiger partial charge >= 0.3 is 0 Å². The molecule has 6 heteroatoms. The molecule has 1 aromatic carbocycles. The van der Waals surface area contributed by atoms with E-state index >= 15 is 0 Å². The molecule has 0 radical (unpaired) electrons. The van der Waals surface area contributed by atoms with E-state index in [4.69, 9.17) is 16.1 Å².